The van der Waals surface area contributed by atoms with Crippen molar-refractivity contribution in [3.63, 3.8) is 0 Å². The van der Waals surface area contributed by atoms with Crippen LogP contribution in [0.2, 0.25) is 5.02 Å². The lowest BCUT2D eigenvalue weighted by Crippen LogP contribution is -2.45. The number of nitrogens with two attached hydrogens (primary N) is 1. The summed E-state index contributed by atoms with van der Waals surface area (Å²) in [6.07, 6.45) is 2.18. The van der Waals surface area contributed by atoms with Crippen LogP contribution in [0.1, 0.15) is 42.6 Å². The van der Waals surface area contributed by atoms with Gasteiger partial charge in [0.1, 0.15) is 0 Å². The van der Waals surface area contributed by atoms with E-state index >= 15 is 0 Å². The normalized spacial score (nSPS) is 15.9. The molecule has 2 rings (SSSR count). The summed E-state index contributed by atoms with van der Waals surface area (Å²) in [5.41, 5.74) is 0.222. The first-order chi connectivity index (χ1) is 9.52. The van der Waals surface area contributed by atoms with Gasteiger partial charge >= 0.3 is 0 Å². The van der Waals surface area contributed by atoms with Crippen LogP contribution in [0, 0.1) is 12.8 Å². The largest absolute Gasteiger partial charge is 0.347 e. The molecule has 1 aromatic rings. The molecule has 0 aromatic heterocycles. The Kier molecular flexibility index (Phi) is 4.08. The Morgan fingerprint density at radius 2 is 1.95 bits per heavy atom. The lowest BCUT2D eigenvalue weighted by atomic mass is 9.97. The number of hydrogen-bond acceptors (Lipinski definition) is 3. The average molecular weight is 331 g/mol. The van der Waals surface area contributed by atoms with Gasteiger partial charge in [0.2, 0.25) is 10.0 Å². The van der Waals surface area contributed by atoms with E-state index in [1.807, 2.05) is 13.8 Å². The number of nitrogens with one attached hydrogen (secondary N) is 1. The molecule has 0 aliphatic heterocycles. The van der Waals surface area contributed by atoms with Crippen molar-refractivity contribution in [1.29, 1.82) is 0 Å². The number of primary sulfonamides is 1. The Morgan fingerprint density at radius 3 is 2.43 bits per heavy atom. The van der Waals surface area contributed by atoms with Crippen molar-refractivity contribution in [1.82, 2.24) is 5.32 Å². The first-order valence-electron chi connectivity index (χ1n) is 6.68. The van der Waals surface area contributed by atoms with Crippen molar-refractivity contribution in [3.8, 4) is 0 Å². The predicted molar refractivity (Wildman–Crippen MR) is 81.8 cm³/mol. The summed E-state index contributed by atoms with van der Waals surface area (Å²) in [4.78, 5) is 12.3. The van der Waals surface area contributed by atoms with Gasteiger partial charge in [-0.3, -0.25) is 4.79 Å². The minimum atomic E-state index is -3.92. The smallest absolute Gasteiger partial charge is 0.252 e. The molecule has 116 valence electrons. The van der Waals surface area contributed by atoms with Crippen LogP contribution >= 0.6 is 11.6 Å². The van der Waals surface area contributed by atoms with Crippen molar-refractivity contribution >= 4 is 27.5 Å². The molecule has 1 aromatic carbocycles. The van der Waals surface area contributed by atoms with E-state index in [2.05, 4.69) is 5.32 Å². The number of sulfonamides is 1. The number of carbonyl (C=O) groups is 1. The Morgan fingerprint density at radius 1 is 1.38 bits per heavy atom. The lowest BCUT2D eigenvalue weighted by molar-refractivity contribution is 0.0902. The molecule has 1 aliphatic rings. The molecule has 1 fully saturated rings. The van der Waals surface area contributed by atoms with Crippen LogP contribution in [0.25, 0.3) is 0 Å². The quantitative estimate of drug-likeness (QED) is 0.887. The van der Waals surface area contributed by atoms with Gasteiger partial charge in [0.25, 0.3) is 5.91 Å². The van der Waals surface area contributed by atoms with Crippen molar-refractivity contribution in [2.24, 2.45) is 11.1 Å². The maximum Gasteiger partial charge on any atom is 0.252 e. The van der Waals surface area contributed by atoms with Crippen LogP contribution in [0.5, 0.6) is 0 Å². The molecule has 7 heteroatoms. The second kappa shape index (κ2) is 5.26. The molecule has 1 amide bonds. The minimum absolute atomic E-state index is 0.121. The van der Waals surface area contributed by atoms with E-state index in [1.165, 1.54) is 12.1 Å². The van der Waals surface area contributed by atoms with E-state index in [1.54, 1.807) is 6.92 Å². The second-order valence-corrected chi connectivity index (χ2v) is 8.04. The molecule has 0 bridgehead atoms. The van der Waals surface area contributed by atoms with Crippen molar-refractivity contribution in [2.45, 2.75) is 44.0 Å². The van der Waals surface area contributed by atoms with Gasteiger partial charge in [-0.05, 0) is 57.2 Å². The fourth-order valence-corrected chi connectivity index (χ4v) is 3.56. The molecule has 0 unspecified atom stereocenters. The summed E-state index contributed by atoms with van der Waals surface area (Å²) < 4.78 is 23.1. The summed E-state index contributed by atoms with van der Waals surface area (Å²) in [7, 11) is -3.92. The summed E-state index contributed by atoms with van der Waals surface area (Å²) in [6.45, 7) is 5.47. The van der Waals surface area contributed by atoms with Crippen LogP contribution in [0.3, 0.4) is 0 Å². The van der Waals surface area contributed by atoms with E-state index in [0.29, 0.717) is 11.5 Å². The maximum absolute atomic E-state index is 12.4. The number of hydrogen-bond donors (Lipinski definition) is 2. The highest BCUT2D eigenvalue weighted by Crippen LogP contribution is 2.39. The molecule has 5 nitrogen and oxygen atoms in total. The molecule has 3 N–H and O–H groups in total. The fourth-order valence-electron chi connectivity index (χ4n) is 2.45. The van der Waals surface area contributed by atoms with Crippen LogP contribution in [-0.2, 0) is 10.0 Å². The van der Waals surface area contributed by atoms with Gasteiger partial charge in [-0.25, -0.2) is 13.6 Å². The van der Waals surface area contributed by atoms with E-state index in [0.717, 1.165) is 12.8 Å². The zero-order chi connectivity index (χ0) is 16.0. The third-order valence-electron chi connectivity index (χ3n) is 3.91. The summed E-state index contributed by atoms with van der Waals surface area (Å²) in [5.74, 6) is 0.121. The molecule has 0 heterocycles. The third-order valence-corrected chi connectivity index (χ3v) is 5.16. The highest BCUT2D eigenvalue weighted by molar-refractivity contribution is 7.89. The highest BCUT2D eigenvalue weighted by atomic mass is 35.5. The van der Waals surface area contributed by atoms with Gasteiger partial charge in [0.15, 0.2) is 0 Å². The van der Waals surface area contributed by atoms with Gasteiger partial charge in [-0.1, -0.05) is 11.6 Å². The summed E-state index contributed by atoms with van der Waals surface area (Å²) in [6, 6.07) is 2.72. The third kappa shape index (κ3) is 3.56. The van der Waals surface area contributed by atoms with Crippen LogP contribution in [-0.4, -0.2) is 19.9 Å². The Hall–Kier alpha value is -1.11. The first-order valence-corrected chi connectivity index (χ1v) is 8.60. The van der Waals surface area contributed by atoms with E-state index < -0.39 is 10.0 Å². The van der Waals surface area contributed by atoms with E-state index in [4.69, 9.17) is 16.7 Å². The average Bonchev–Trinajstić information content (AvgIpc) is 3.13. The zero-order valence-electron chi connectivity index (χ0n) is 12.2. The van der Waals surface area contributed by atoms with Gasteiger partial charge in [-0.15, -0.1) is 0 Å². The van der Waals surface area contributed by atoms with Crippen molar-refractivity contribution < 1.29 is 13.2 Å². The number of halogens is 1. The van der Waals surface area contributed by atoms with Crippen LogP contribution in [0.15, 0.2) is 17.0 Å². The van der Waals surface area contributed by atoms with Gasteiger partial charge in [0, 0.05) is 16.1 Å². The second-order valence-electron chi connectivity index (χ2n) is 6.07. The van der Waals surface area contributed by atoms with Gasteiger partial charge in [-0.2, -0.15) is 0 Å². The van der Waals surface area contributed by atoms with Gasteiger partial charge in [0.05, 0.1) is 4.90 Å². The molecule has 0 spiro atoms. The Bertz CT molecular complexity index is 694. The molecule has 21 heavy (non-hydrogen) atoms. The Balaban J connectivity index is 2.39. The van der Waals surface area contributed by atoms with Crippen LogP contribution < -0.4 is 10.5 Å². The monoisotopic (exact) mass is 330 g/mol. The van der Waals surface area contributed by atoms with E-state index in [-0.39, 0.29) is 26.9 Å². The van der Waals surface area contributed by atoms with Crippen LogP contribution in [0.4, 0.5) is 0 Å². The van der Waals surface area contributed by atoms with Gasteiger partial charge < -0.3 is 5.32 Å². The Labute approximate surface area is 129 Å². The highest BCUT2D eigenvalue weighted by Gasteiger charge is 2.39. The minimum Gasteiger partial charge on any atom is -0.347 e. The SMILES string of the molecule is Cc1c(C(=O)NC(C)(C)C2CC2)cc(Cl)cc1S(N)(=O)=O. The fraction of sp³-hybridized carbons (Fsp3) is 0.500. The number of amides is 1. The molecule has 1 aliphatic carbocycles. The zero-order valence-corrected chi connectivity index (χ0v) is 13.8. The number of carbonyl (C=O) groups excluding carboxylic acids is 1. The summed E-state index contributed by atoms with van der Waals surface area (Å²) in [5, 5.41) is 8.28. The number of benzene rings is 1. The first kappa shape index (κ1) is 16.3. The molecule has 0 radical (unpaired) electrons. The molecule has 0 saturated heterocycles. The van der Waals surface area contributed by atoms with E-state index in [9.17, 15) is 13.2 Å². The predicted octanol–water partition coefficient (Wildman–Crippen LogP) is 2.21. The number of rotatable bonds is 4. The molecule has 0 atom stereocenters. The van der Waals surface area contributed by atoms with Crippen molar-refractivity contribution in [2.75, 3.05) is 0 Å². The topological polar surface area (TPSA) is 89.3 Å². The van der Waals surface area contributed by atoms with Crippen molar-refractivity contribution in [3.05, 3.63) is 28.3 Å². The molecular weight excluding hydrogens is 312 g/mol. The summed E-state index contributed by atoms with van der Waals surface area (Å²) >= 11 is 5.92. The molecular formula is C14H19ClN2O3S. The standard InChI is InChI=1S/C14H19ClN2O3S/c1-8-11(6-10(15)7-12(8)21(16,19)20)13(18)17-14(2,3)9-4-5-9/h6-7,9H,4-5H2,1-3H3,(H,17,18)(H2,16,19,20). The molecule has 1 saturated carbocycles. The lowest BCUT2D eigenvalue weighted by Gasteiger charge is -2.26. The maximum atomic E-state index is 12.4.